The number of anilines is 1. The van der Waals surface area contributed by atoms with Gasteiger partial charge < -0.3 is 9.64 Å². The van der Waals surface area contributed by atoms with Crippen molar-refractivity contribution in [2.24, 2.45) is 0 Å². The number of nitrogens with zero attached hydrogens (tertiary/aromatic N) is 1. The lowest BCUT2D eigenvalue weighted by Gasteiger charge is -2.22. The van der Waals surface area contributed by atoms with Gasteiger partial charge in [-0.15, -0.1) is 11.8 Å². The van der Waals surface area contributed by atoms with Crippen LogP contribution in [0.5, 0.6) is 5.75 Å². The molecule has 0 radical (unpaired) electrons. The minimum atomic E-state index is 0.142. The van der Waals surface area contributed by atoms with Crippen molar-refractivity contribution in [1.82, 2.24) is 0 Å². The molecular formula is C18H19NO2S. The predicted octanol–water partition coefficient (Wildman–Crippen LogP) is 3.77. The number of para-hydroxylation sites is 1. The number of benzene rings is 2. The van der Waals surface area contributed by atoms with Crippen molar-refractivity contribution in [3.8, 4) is 5.75 Å². The lowest BCUT2D eigenvalue weighted by atomic mass is 10.1. The van der Waals surface area contributed by atoms with Gasteiger partial charge in [-0.2, -0.15) is 0 Å². The van der Waals surface area contributed by atoms with Crippen molar-refractivity contribution in [2.45, 2.75) is 17.7 Å². The number of ether oxygens (including phenoxy) is 1. The van der Waals surface area contributed by atoms with Gasteiger partial charge in [0, 0.05) is 11.4 Å². The first-order chi connectivity index (χ1) is 10.8. The van der Waals surface area contributed by atoms with Crippen LogP contribution in [0.1, 0.15) is 12.0 Å². The molecule has 1 amide bonds. The van der Waals surface area contributed by atoms with E-state index in [2.05, 4.69) is 6.07 Å². The SMILES string of the molecule is COc1cccc(CC(=O)N2CCCSc3ccccc32)c1. The molecule has 3 nitrogen and oxygen atoms in total. The third kappa shape index (κ3) is 3.28. The molecule has 0 spiro atoms. The Kier molecular flexibility index (Phi) is 4.68. The molecule has 0 fully saturated rings. The summed E-state index contributed by atoms with van der Waals surface area (Å²) in [6.45, 7) is 0.785. The van der Waals surface area contributed by atoms with Crippen LogP contribution in [0.15, 0.2) is 53.4 Å². The second kappa shape index (κ2) is 6.88. The van der Waals surface area contributed by atoms with Crippen LogP contribution in [0.3, 0.4) is 0 Å². The summed E-state index contributed by atoms with van der Waals surface area (Å²) in [4.78, 5) is 15.9. The molecule has 0 atom stereocenters. The molecule has 0 N–H and O–H groups in total. The molecule has 4 heteroatoms. The highest BCUT2D eigenvalue weighted by Gasteiger charge is 2.21. The number of methoxy groups -OCH3 is 1. The van der Waals surface area contributed by atoms with Crippen molar-refractivity contribution < 1.29 is 9.53 Å². The summed E-state index contributed by atoms with van der Waals surface area (Å²) in [6.07, 6.45) is 1.42. The highest BCUT2D eigenvalue weighted by Crippen LogP contribution is 2.33. The standard InChI is InChI=1S/C18H19NO2S/c1-21-15-7-4-6-14(12-15)13-18(20)19-10-5-11-22-17-9-3-2-8-16(17)19/h2-4,6-9,12H,5,10-11,13H2,1H3. The molecule has 3 rings (SSSR count). The molecule has 114 valence electrons. The molecule has 0 saturated carbocycles. The molecule has 0 aromatic heterocycles. The van der Waals surface area contributed by atoms with Crippen LogP contribution in [0.4, 0.5) is 5.69 Å². The van der Waals surface area contributed by atoms with E-state index in [-0.39, 0.29) is 5.91 Å². The Labute approximate surface area is 135 Å². The number of thioether (sulfide) groups is 1. The Morgan fingerprint density at radius 3 is 2.95 bits per heavy atom. The van der Waals surface area contributed by atoms with Crippen LogP contribution < -0.4 is 9.64 Å². The quantitative estimate of drug-likeness (QED) is 0.864. The zero-order valence-corrected chi connectivity index (χ0v) is 13.4. The van der Waals surface area contributed by atoms with Crippen molar-refractivity contribution in [2.75, 3.05) is 24.3 Å². The number of hydrogen-bond acceptors (Lipinski definition) is 3. The van der Waals surface area contributed by atoms with Crippen molar-refractivity contribution in [3.63, 3.8) is 0 Å². The normalized spacial score (nSPS) is 14.1. The lowest BCUT2D eigenvalue weighted by molar-refractivity contribution is -0.118. The fraction of sp³-hybridized carbons (Fsp3) is 0.278. The highest BCUT2D eigenvalue weighted by molar-refractivity contribution is 7.99. The van der Waals surface area contributed by atoms with Crippen LogP contribution in [0, 0.1) is 0 Å². The highest BCUT2D eigenvalue weighted by atomic mass is 32.2. The average molecular weight is 313 g/mol. The zero-order chi connectivity index (χ0) is 15.4. The first kappa shape index (κ1) is 15.0. The van der Waals surface area contributed by atoms with Gasteiger partial charge in [-0.25, -0.2) is 0 Å². The summed E-state index contributed by atoms with van der Waals surface area (Å²) in [5.74, 6) is 1.99. The van der Waals surface area contributed by atoms with Crippen molar-refractivity contribution in [1.29, 1.82) is 0 Å². The summed E-state index contributed by atoms with van der Waals surface area (Å²) in [5, 5.41) is 0. The van der Waals surface area contributed by atoms with E-state index in [1.54, 1.807) is 7.11 Å². The van der Waals surface area contributed by atoms with Gasteiger partial charge in [0.05, 0.1) is 19.2 Å². The van der Waals surface area contributed by atoms with Gasteiger partial charge in [0.1, 0.15) is 5.75 Å². The molecule has 22 heavy (non-hydrogen) atoms. The maximum Gasteiger partial charge on any atom is 0.231 e. The molecular weight excluding hydrogens is 294 g/mol. The minimum Gasteiger partial charge on any atom is -0.497 e. The summed E-state index contributed by atoms with van der Waals surface area (Å²) < 4.78 is 5.23. The van der Waals surface area contributed by atoms with E-state index in [9.17, 15) is 4.79 Å². The average Bonchev–Trinajstić information content (AvgIpc) is 2.77. The van der Waals surface area contributed by atoms with Crippen LogP contribution >= 0.6 is 11.8 Å². The van der Waals surface area contributed by atoms with Gasteiger partial charge in [0.2, 0.25) is 5.91 Å². The fourth-order valence-electron chi connectivity index (χ4n) is 2.64. The van der Waals surface area contributed by atoms with E-state index in [0.29, 0.717) is 6.42 Å². The molecule has 0 saturated heterocycles. The van der Waals surface area contributed by atoms with Gasteiger partial charge in [0.15, 0.2) is 0 Å². The predicted molar refractivity (Wildman–Crippen MR) is 90.8 cm³/mol. The molecule has 1 aliphatic heterocycles. The van der Waals surface area contributed by atoms with E-state index in [4.69, 9.17) is 4.74 Å². The Morgan fingerprint density at radius 1 is 1.23 bits per heavy atom. The maximum atomic E-state index is 12.8. The van der Waals surface area contributed by atoms with E-state index in [1.807, 2.05) is 59.1 Å². The summed E-state index contributed by atoms with van der Waals surface area (Å²) in [7, 11) is 1.64. The van der Waals surface area contributed by atoms with Gasteiger partial charge in [-0.1, -0.05) is 24.3 Å². The Bertz CT molecular complexity index is 672. The summed E-state index contributed by atoms with van der Waals surface area (Å²) >= 11 is 1.83. The Hall–Kier alpha value is -1.94. The Morgan fingerprint density at radius 2 is 2.09 bits per heavy atom. The van der Waals surface area contributed by atoms with Crippen LogP contribution in [0.2, 0.25) is 0 Å². The fourth-order valence-corrected chi connectivity index (χ4v) is 3.63. The first-order valence-electron chi connectivity index (χ1n) is 7.43. The number of rotatable bonds is 3. The van der Waals surface area contributed by atoms with Gasteiger partial charge in [-0.05, 0) is 42.0 Å². The van der Waals surface area contributed by atoms with Gasteiger partial charge in [0.25, 0.3) is 0 Å². The molecule has 0 aliphatic carbocycles. The number of carbonyl (C=O) groups is 1. The zero-order valence-electron chi connectivity index (χ0n) is 12.6. The molecule has 2 aromatic carbocycles. The van der Waals surface area contributed by atoms with E-state index in [0.717, 1.165) is 35.7 Å². The first-order valence-corrected chi connectivity index (χ1v) is 8.41. The number of amides is 1. The lowest BCUT2D eigenvalue weighted by Crippen LogP contribution is -2.33. The number of fused-ring (bicyclic) bond motifs is 1. The summed E-state index contributed by atoms with van der Waals surface area (Å²) in [5.41, 5.74) is 2.02. The van der Waals surface area contributed by atoms with E-state index in [1.165, 1.54) is 4.90 Å². The van der Waals surface area contributed by atoms with Crippen LogP contribution in [-0.4, -0.2) is 25.3 Å². The third-order valence-corrected chi connectivity index (χ3v) is 4.88. The largest absolute Gasteiger partial charge is 0.497 e. The molecule has 2 aromatic rings. The summed E-state index contributed by atoms with van der Waals surface area (Å²) in [6, 6.07) is 15.9. The molecule has 0 unspecified atom stereocenters. The molecule has 0 bridgehead atoms. The van der Waals surface area contributed by atoms with Crippen LogP contribution in [0.25, 0.3) is 0 Å². The second-order valence-corrected chi connectivity index (χ2v) is 6.38. The molecule has 1 heterocycles. The van der Waals surface area contributed by atoms with Gasteiger partial charge in [-0.3, -0.25) is 4.79 Å². The number of carbonyl (C=O) groups excluding carboxylic acids is 1. The molecule has 1 aliphatic rings. The van der Waals surface area contributed by atoms with Gasteiger partial charge >= 0.3 is 0 Å². The van der Waals surface area contributed by atoms with Crippen molar-refractivity contribution >= 4 is 23.4 Å². The minimum absolute atomic E-state index is 0.142. The number of hydrogen-bond donors (Lipinski definition) is 0. The monoisotopic (exact) mass is 313 g/mol. The third-order valence-electron chi connectivity index (χ3n) is 3.73. The van der Waals surface area contributed by atoms with Crippen LogP contribution in [-0.2, 0) is 11.2 Å². The van der Waals surface area contributed by atoms with Crippen molar-refractivity contribution in [3.05, 3.63) is 54.1 Å². The smallest absolute Gasteiger partial charge is 0.231 e. The Balaban J connectivity index is 1.82. The second-order valence-electron chi connectivity index (χ2n) is 5.24. The van der Waals surface area contributed by atoms with E-state index >= 15 is 0 Å². The topological polar surface area (TPSA) is 29.5 Å². The van der Waals surface area contributed by atoms with E-state index < -0.39 is 0 Å². The maximum absolute atomic E-state index is 12.8.